The van der Waals surface area contributed by atoms with Crippen LogP contribution in [0.4, 0.5) is 5.69 Å². The minimum absolute atomic E-state index is 0.0131. The maximum absolute atomic E-state index is 12.7. The number of carbonyl (C=O) groups excluding carboxylic acids is 2. The number of hydrogen-bond donors (Lipinski definition) is 2. The molecule has 2 rings (SSSR count). The first kappa shape index (κ1) is 19.3. The summed E-state index contributed by atoms with van der Waals surface area (Å²) in [4.78, 5) is 27.1. The zero-order chi connectivity index (χ0) is 18.6. The number of carbonyl (C=O) groups is 2. The molecule has 1 aromatic rings. The third-order valence-electron chi connectivity index (χ3n) is 4.81. The number of anilines is 1. The van der Waals surface area contributed by atoms with Gasteiger partial charge in [-0.3, -0.25) is 9.59 Å². The van der Waals surface area contributed by atoms with Crippen molar-refractivity contribution in [2.75, 3.05) is 11.4 Å². The molecular formula is C20H31N3O2. The molecule has 0 aromatic heterocycles. The fourth-order valence-corrected chi connectivity index (χ4v) is 3.33. The topological polar surface area (TPSA) is 61.4 Å². The predicted molar refractivity (Wildman–Crippen MR) is 102 cm³/mol. The zero-order valence-corrected chi connectivity index (χ0v) is 16.0. The maximum Gasteiger partial charge on any atom is 0.239 e. The van der Waals surface area contributed by atoms with E-state index in [1.807, 2.05) is 45.0 Å². The molecule has 1 aliphatic rings. The molecule has 1 aliphatic heterocycles. The number of hydrogen-bond acceptors (Lipinski definition) is 3. The molecule has 2 N–H and O–H groups in total. The molecule has 1 aromatic carbocycles. The van der Waals surface area contributed by atoms with Gasteiger partial charge in [0.25, 0.3) is 0 Å². The van der Waals surface area contributed by atoms with E-state index in [0.717, 1.165) is 17.7 Å². The largest absolute Gasteiger partial charge is 0.359 e. The summed E-state index contributed by atoms with van der Waals surface area (Å²) < 4.78 is 0. The maximum atomic E-state index is 12.7. The summed E-state index contributed by atoms with van der Waals surface area (Å²) in [5.74, 6) is -0.0660. The Morgan fingerprint density at radius 3 is 2.52 bits per heavy atom. The zero-order valence-electron chi connectivity index (χ0n) is 16.0. The highest BCUT2D eigenvalue weighted by Gasteiger charge is 2.35. The van der Waals surface area contributed by atoms with E-state index >= 15 is 0 Å². The molecule has 0 saturated carbocycles. The van der Waals surface area contributed by atoms with Gasteiger partial charge in [-0.15, -0.1) is 0 Å². The lowest BCUT2D eigenvalue weighted by molar-refractivity contribution is -0.123. The summed E-state index contributed by atoms with van der Waals surface area (Å²) in [5, 5.41) is 6.05. The standard InChI is InChI=1S/C20H31N3O2/c1-6-14(4)22-20(25)17-11-15(5)23(12-19(24)21-13(2)3)18-10-8-7-9-16(17)18/h7-10,13-15,17H,6,11-12H2,1-5H3,(H,21,24)(H,22,25). The second kappa shape index (κ2) is 8.37. The van der Waals surface area contributed by atoms with Crippen LogP contribution in [0.3, 0.4) is 0 Å². The van der Waals surface area contributed by atoms with Crippen LogP contribution in [-0.4, -0.2) is 36.5 Å². The molecule has 0 bridgehead atoms. The monoisotopic (exact) mass is 345 g/mol. The van der Waals surface area contributed by atoms with Gasteiger partial charge < -0.3 is 15.5 Å². The minimum atomic E-state index is -0.162. The summed E-state index contributed by atoms with van der Waals surface area (Å²) in [5.41, 5.74) is 2.00. The highest BCUT2D eigenvalue weighted by Crippen LogP contribution is 2.38. The van der Waals surface area contributed by atoms with Crippen LogP contribution in [0.5, 0.6) is 0 Å². The van der Waals surface area contributed by atoms with E-state index in [2.05, 4.69) is 29.4 Å². The molecular weight excluding hydrogens is 314 g/mol. The normalized spacial score (nSPS) is 20.8. The Balaban J connectivity index is 2.24. The van der Waals surface area contributed by atoms with Gasteiger partial charge in [0, 0.05) is 23.8 Å². The third-order valence-corrected chi connectivity index (χ3v) is 4.81. The predicted octanol–water partition coefficient (Wildman–Crippen LogP) is 2.81. The fourth-order valence-electron chi connectivity index (χ4n) is 3.33. The number of benzene rings is 1. The molecule has 2 amide bonds. The van der Waals surface area contributed by atoms with Crippen molar-refractivity contribution >= 4 is 17.5 Å². The van der Waals surface area contributed by atoms with Crippen LogP contribution in [0, 0.1) is 0 Å². The van der Waals surface area contributed by atoms with Gasteiger partial charge in [0.2, 0.25) is 11.8 Å². The summed E-state index contributed by atoms with van der Waals surface area (Å²) in [6.07, 6.45) is 1.63. The molecule has 0 fully saturated rings. The lowest BCUT2D eigenvalue weighted by atomic mass is 9.85. The van der Waals surface area contributed by atoms with Crippen molar-refractivity contribution in [1.82, 2.24) is 10.6 Å². The number of nitrogens with zero attached hydrogens (tertiary/aromatic N) is 1. The van der Waals surface area contributed by atoms with Crippen molar-refractivity contribution in [2.45, 2.75) is 71.5 Å². The molecule has 3 unspecified atom stereocenters. The lowest BCUT2D eigenvalue weighted by Crippen LogP contribution is -2.48. The number of rotatable bonds is 6. The highest BCUT2D eigenvalue weighted by molar-refractivity contribution is 5.88. The van der Waals surface area contributed by atoms with Crippen LogP contribution in [0.15, 0.2) is 24.3 Å². The van der Waals surface area contributed by atoms with Gasteiger partial charge in [0.15, 0.2) is 0 Å². The van der Waals surface area contributed by atoms with Crippen molar-refractivity contribution in [3.8, 4) is 0 Å². The molecule has 5 nitrogen and oxygen atoms in total. The average Bonchev–Trinajstić information content (AvgIpc) is 2.56. The molecule has 1 heterocycles. The molecule has 0 saturated heterocycles. The van der Waals surface area contributed by atoms with Crippen molar-refractivity contribution in [3.63, 3.8) is 0 Å². The second-order valence-electron chi connectivity index (χ2n) is 7.36. The molecule has 5 heteroatoms. The van der Waals surface area contributed by atoms with Crippen molar-refractivity contribution in [3.05, 3.63) is 29.8 Å². The first-order chi connectivity index (χ1) is 11.8. The van der Waals surface area contributed by atoms with Gasteiger partial charge in [-0.2, -0.15) is 0 Å². The highest BCUT2D eigenvalue weighted by atomic mass is 16.2. The first-order valence-corrected chi connectivity index (χ1v) is 9.28. The van der Waals surface area contributed by atoms with Gasteiger partial charge in [0.1, 0.15) is 0 Å². The van der Waals surface area contributed by atoms with Crippen molar-refractivity contribution in [2.24, 2.45) is 0 Å². The molecule has 0 radical (unpaired) electrons. The summed E-state index contributed by atoms with van der Waals surface area (Å²) in [6.45, 7) is 10.4. The van der Waals surface area contributed by atoms with Crippen molar-refractivity contribution < 1.29 is 9.59 Å². The molecule has 0 spiro atoms. The Morgan fingerprint density at radius 2 is 1.88 bits per heavy atom. The number of nitrogens with one attached hydrogen (secondary N) is 2. The van der Waals surface area contributed by atoms with Gasteiger partial charge in [-0.1, -0.05) is 25.1 Å². The van der Waals surface area contributed by atoms with Crippen LogP contribution in [0.2, 0.25) is 0 Å². The quantitative estimate of drug-likeness (QED) is 0.833. The first-order valence-electron chi connectivity index (χ1n) is 9.28. The summed E-state index contributed by atoms with van der Waals surface area (Å²) in [7, 11) is 0. The van der Waals surface area contributed by atoms with Crippen LogP contribution >= 0.6 is 0 Å². The average molecular weight is 345 g/mol. The van der Waals surface area contributed by atoms with E-state index < -0.39 is 0 Å². The van der Waals surface area contributed by atoms with E-state index in [-0.39, 0.29) is 35.9 Å². The van der Waals surface area contributed by atoms with Crippen LogP contribution in [-0.2, 0) is 9.59 Å². The summed E-state index contributed by atoms with van der Waals surface area (Å²) in [6, 6.07) is 8.37. The Labute approximate surface area is 151 Å². The van der Waals surface area contributed by atoms with Gasteiger partial charge in [-0.25, -0.2) is 0 Å². The van der Waals surface area contributed by atoms with E-state index in [4.69, 9.17) is 0 Å². The Kier molecular flexibility index (Phi) is 6.45. The number of fused-ring (bicyclic) bond motifs is 1. The van der Waals surface area contributed by atoms with Crippen LogP contribution < -0.4 is 15.5 Å². The van der Waals surface area contributed by atoms with Gasteiger partial charge >= 0.3 is 0 Å². The van der Waals surface area contributed by atoms with Crippen molar-refractivity contribution in [1.29, 1.82) is 0 Å². The van der Waals surface area contributed by atoms with E-state index in [1.54, 1.807) is 0 Å². The molecule has 0 aliphatic carbocycles. The van der Waals surface area contributed by atoms with E-state index in [1.165, 1.54) is 0 Å². The second-order valence-corrected chi connectivity index (χ2v) is 7.36. The minimum Gasteiger partial charge on any atom is -0.359 e. The smallest absolute Gasteiger partial charge is 0.239 e. The molecule has 25 heavy (non-hydrogen) atoms. The van der Waals surface area contributed by atoms with Gasteiger partial charge in [0.05, 0.1) is 12.5 Å². The number of amides is 2. The SMILES string of the molecule is CCC(C)NC(=O)C1CC(C)N(CC(=O)NC(C)C)c2ccccc21. The summed E-state index contributed by atoms with van der Waals surface area (Å²) >= 11 is 0. The lowest BCUT2D eigenvalue weighted by Gasteiger charge is -2.40. The Bertz CT molecular complexity index is 615. The third kappa shape index (κ3) is 4.74. The van der Waals surface area contributed by atoms with Crippen LogP contribution in [0.25, 0.3) is 0 Å². The van der Waals surface area contributed by atoms with Crippen LogP contribution in [0.1, 0.15) is 58.9 Å². The van der Waals surface area contributed by atoms with Gasteiger partial charge in [-0.05, 0) is 52.2 Å². The van der Waals surface area contributed by atoms with E-state index in [9.17, 15) is 9.59 Å². The Hall–Kier alpha value is -2.04. The molecule has 3 atom stereocenters. The fraction of sp³-hybridized carbons (Fsp3) is 0.600. The van der Waals surface area contributed by atoms with E-state index in [0.29, 0.717) is 13.0 Å². The number of para-hydroxylation sites is 1. The Morgan fingerprint density at radius 1 is 1.20 bits per heavy atom. The molecule has 138 valence electrons.